The Morgan fingerprint density at radius 3 is 2.82 bits per heavy atom. The first-order chi connectivity index (χ1) is 5.22. The van der Waals surface area contributed by atoms with E-state index in [1.54, 1.807) is 6.08 Å². The van der Waals surface area contributed by atoms with Gasteiger partial charge in [-0.1, -0.05) is 19.9 Å². The molecule has 1 rings (SSSR count). The van der Waals surface area contributed by atoms with E-state index in [9.17, 15) is 0 Å². The van der Waals surface area contributed by atoms with Crippen LogP contribution in [0.1, 0.15) is 20.3 Å². The molecule has 0 bridgehead atoms. The van der Waals surface area contributed by atoms with E-state index in [2.05, 4.69) is 20.4 Å². The van der Waals surface area contributed by atoms with Crippen LogP contribution in [0.4, 0.5) is 0 Å². The van der Waals surface area contributed by atoms with Crippen molar-refractivity contribution in [2.24, 2.45) is 5.92 Å². The van der Waals surface area contributed by atoms with E-state index in [1.807, 2.05) is 0 Å². The molecule has 0 amide bonds. The van der Waals surface area contributed by atoms with Gasteiger partial charge in [-0.3, -0.25) is 0 Å². The third-order valence-corrected chi connectivity index (χ3v) is 1.70. The van der Waals surface area contributed by atoms with Crippen LogP contribution in [0, 0.1) is 5.92 Å². The van der Waals surface area contributed by atoms with Crippen LogP contribution < -0.4 is 0 Å². The summed E-state index contributed by atoms with van der Waals surface area (Å²) in [6.07, 6.45) is 2.88. The Hall–Kier alpha value is -0.340. The van der Waals surface area contributed by atoms with Gasteiger partial charge in [0, 0.05) is 6.42 Å². The Morgan fingerprint density at radius 2 is 2.36 bits per heavy atom. The van der Waals surface area contributed by atoms with Gasteiger partial charge in [-0.15, -0.1) is 6.58 Å². The van der Waals surface area contributed by atoms with E-state index in [-0.39, 0.29) is 12.4 Å². The summed E-state index contributed by atoms with van der Waals surface area (Å²) in [5.74, 6) is 0.628. The molecule has 0 saturated carbocycles. The van der Waals surface area contributed by atoms with Crippen molar-refractivity contribution in [2.75, 3.05) is 6.61 Å². The van der Waals surface area contributed by atoms with E-state index >= 15 is 0 Å². The Balaban J connectivity index is 2.24. The van der Waals surface area contributed by atoms with Gasteiger partial charge in [0.25, 0.3) is 0 Å². The number of ether oxygens (including phenoxy) is 2. The molecule has 0 aliphatic carbocycles. The lowest BCUT2D eigenvalue weighted by Gasteiger charge is -2.11. The van der Waals surface area contributed by atoms with E-state index in [0.717, 1.165) is 6.42 Å². The highest BCUT2D eigenvalue weighted by Gasteiger charge is 2.23. The van der Waals surface area contributed by atoms with Crippen LogP contribution in [0.5, 0.6) is 0 Å². The Kier molecular flexibility index (Phi) is 3.09. The second kappa shape index (κ2) is 3.88. The van der Waals surface area contributed by atoms with Crippen molar-refractivity contribution in [1.29, 1.82) is 0 Å². The van der Waals surface area contributed by atoms with E-state index in [4.69, 9.17) is 9.47 Å². The van der Waals surface area contributed by atoms with Crippen LogP contribution in [0.3, 0.4) is 0 Å². The van der Waals surface area contributed by atoms with Crippen molar-refractivity contribution >= 4 is 0 Å². The Morgan fingerprint density at radius 1 is 1.64 bits per heavy atom. The fourth-order valence-electron chi connectivity index (χ4n) is 1.11. The molecule has 0 aromatic rings. The van der Waals surface area contributed by atoms with Crippen molar-refractivity contribution in [1.82, 2.24) is 0 Å². The van der Waals surface area contributed by atoms with Gasteiger partial charge >= 0.3 is 0 Å². The smallest absolute Gasteiger partial charge is 0.158 e. The van der Waals surface area contributed by atoms with Crippen molar-refractivity contribution in [3.05, 3.63) is 12.7 Å². The highest BCUT2D eigenvalue weighted by Crippen LogP contribution is 2.18. The zero-order valence-corrected chi connectivity index (χ0v) is 7.25. The van der Waals surface area contributed by atoms with Gasteiger partial charge in [0.15, 0.2) is 6.29 Å². The normalized spacial score (nSPS) is 31.2. The summed E-state index contributed by atoms with van der Waals surface area (Å²) in [7, 11) is 0. The number of rotatable bonds is 3. The minimum atomic E-state index is -0.00185. The molecule has 1 saturated heterocycles. The second-order valence-corrected chi connectivity index (χ2v) is 3.30. The standard InChI is InChI=1S/C9H16O2/c1-4-8-6-10-9(11-8)5-7(2)3/h4,7-9H,1,5-6H2,2-3H3/t8-,9+/m1/s1. The van der Waals surface area contributed by atoms with Crippen LogP contribution in [0.15, 0.2) is 12.7 Å². The topological polar surface area (TPSA) is 18.5 Å². The van der Waals surface area contributed by atoms with Gasteiger partial charge in [-0.2, -0.15) is 0 Å². The highest BCUT2D eigenvalue weighted by molar-refractivity contribution is 4.83. The van der Waals surface area contributed by atoms with Gasteiger partial charge in [-0.25, -0.2) is 0 Å². The lowest BCUT2D eigenvalue weighted by Crippen LogP contribution is -2.12. The molecule has 0 N–H and O–H groups in total. The maximum Gasteiger partial charge on any atom is 0.158 e. The van der Waals surface area contributed by atoms with Gasteiger partial charge in [0.05, 0.1) is 6.61 Å². The van der Waals surface area contributed by atoms with E-state index < -0.39 is 0 Å². The second-order valence-electron chi connectivity index (χ2n) is 3.30. The SMILES string of the molecule is C=C[C@@H]1CO[C@H](CC(C)C)O1. The molecule has 1 aliphatic rings. The molecule has 2 heteroatoms. The first-order valence-electron chi connectivity index (χ1n) is 4.12. The third kappa shape index (κ3) is 2.64. The van der Waals surface area contributed by atoms with Crippen LogP contribution >= 0.6 is 0 Å². The molecule has 0 unspecified atom stereocenters. The predicted octanol–water partition coefficient (Wildman–Crippen LogP) is 1.96. The molecule has 1 heterocycles. The maximum absolute atomic E-state index is 5.48. The van der Waals surface area contributed by atoms with Crippen molar-refractivity contribution in [3.63, 3.8) is 0 Å². The average Bonchev–Trinajstić information content (AvgIpc) is 2.34. The molecule has 2 atom stereocenters. The first kappa shape index (κ1) is 8.75. The van der Waals surface area contributed by atoms with Crippen LogP contribution in [0.2, 0.25) is 0 Å². The zero-order valence-electron chi connectivity index (χ0n) is 7.25. The summed E-state index contributed by atoms with van der Waals surface area (Å²) in [5.41, 5.74) is 0. The fraction of sp³-hybridized carbons (Fsp3) is 0.778. The van der Waals surface area contributed by atoms with E-state index in [1.165, 1.54) is 0 Å². The molecule has 0 aromatic carbocycles. The maximum atomic E-state index is 5.48. The zero-order chi connectivity index (χ0) is 8.27. The number of hydrogen-bond donors (Lipinski definition) is 0. The first-order valence-corrected chi connectivity index (χ1v) is 4.12. The van der Waals surface area contributed by atoms with Crippen molar-refractivity contribution in [2.45, 2.75) is 32.7 Å². The molecule has 0 aromatic heterocycles. The summed E-state index contributed by atoms with van der Waals surface area (Å²) in [4.78, 5) is 0. The highest BCUT2D eigenvalue weighted by atomic mass is 16.7. The Labute approximate surface area is 68.2 Å². The van der Waals surface area contributed by atoms with Crippen LogP contribution in [-0.4, -0.2) is 19.0 Å². The summed E-state index contributed by atoms with van der Waals surface area (Å²) in [6.45, 7) is 8.64. The molecule has 0 spiro atoms. The minimum absolute atomic E-state index is 0.00185. The quantitative estimate of drug-likeness (QED) is 0.581. The van der Waals surface area contributed by atoms with E-state index in [0.29, 0.717) is 12.5 Å². The Bertz CT molecular complexity index is 132. The van der Waals surface area contributed by atoms with Gasteiger partial charge < -0.3 is 9.47 Å². The largest absolute Gasteiger partial charge is 0.350 e. The van der Waals surface area contributed by atoms with Gasteiger partial charge in [-0.05, 0) is 5.92 Å². The molecule has 2 nitrogen and oxygen atoms in total. The monoisotopic (exact) mass is 156 g/mol. The van der Waals surface area contributed by atoms with Crippen LogP contribution in [-0.2, 0) is 9.47 Å². The van der Waals surface area contributed by atoms with Crippen LogP contribution in [0.25, 0.3) is 0 Å². The fourth-order valence-corrected chi connectivity index (χ4v) is 1.11. The third-order valence-electron chi connectivity index (χ3n) is 1.70. The van der Waals surface area contributed by atoms with Gasteiger partial charge in [0.2, 0.25) is 0 Å². The molecular formula is C9H16O2. The molecular weight excluding hydrogens is 140 g/mol. The summed E-state index contributed by atoms with van der Waals surface area (Å²) < 4.78 is 10.9. The summed E-state index contributed by atoms with van der Waals surface area (Å²) >= 11 is 0. The lowest BCUT2D eigenvalue weighted by atomic mass is 10.1. The average molecular weight is 156 g/mol. The van der Waals surface area contributed by atoms with Gasteiger partial charge in [0.1, 0.15) is 6.10 Å². The van der Waals surface area contributed by atoms with Crippen molar-refractivity contribution < 1.29 is 9.47 Å². The molecule has 0 radical (unpaired) electrons. The molecule has 1 aliphatic heterocycles. The molecule has 11 heavy (non-hydrogen) atoms. The number of hydrogen-bond acceptors (Lipinski definition) is 2. The molecule has 64 valence electrons. The van der Waals surface area contributed by atoms with Crippen molar-refractivity contribution in [3.8, 4) is 0 Å². The predicted molar refractivity (Wildman–Crippen MR) is 44.3 cm³/mol. The lowest BCUT2D eigenvalue weighted by molar-refractivity contribution is -0.0626. The molecule has 1 fully saturated rings. The summed E-state index contributed by atoms with van der Waals surface area (Å²) in [5, 5.41) is 0. The summed E-state index contributed by atoms with van der Waals surface area (Å²) in [6, 6.07) is 0. The minimum Gasteiger partial charge on any atom is -0.350 e.